The van der Waals surface area contributed by atoms with Crippen LogP contribution in [0, 0.1) is 5.82 Å². The Hall–Kier alpha value is -1.54. The second-order valence-corrected chi connectivity index (χ2v) is 5.71. The molecule has 2 rings (SSSR count). The van der Waals surface area contributed by atoms with Crippen LogP contribution in [0.25, 0.3) is 0 Å². The summed E-state index contributed by atoms with van der Waals surface area (Å²) < 4.78 is 38.8. The number of pyridine rings is 1. The molecular formula is C10H12FN3O3S. The molecule has 0 radical (unpaired) electrons. The maximum absolute atomic E-state index is 13.5. The van der Waals surface area contributed by atoms with Crippen LogP contribution in [0.2, 0.25) is 0 Å². The number of halogens is 1. The average molecular weight is 273 g/mol. The summed E-state index contributed by atoms with van der Waals surface area (Å²) in [5, 5.41) is 11.1. The van der Waals surface area contributed by atoms with Gasteiger partial charge in [0.05, 0.1) is 5.71 Å². The summed E-state index contributed by atoms with van der Waals surface area (Å²) in [4.78, 5) is 3.58. The van der Waals surface area contributed by atoms with Crippen LogP contribution >= 0.6 is 0 Å². The van der Waals surface area contributed by atoms with E-state index in [2.05, 4.69) is 10.1 Å². The first-order valence-corrected chi connectivity index (χ1v) is 6.80. The van der Waals surface area contributed by atoms with Gasteiger partial charge in [0.2, 0.25) is 5.03 Å². The number of nitrogens with zero attached hydrogens (tertiary/aromatic N) is 3. The standard InChI is InChI=1S/C10H12FN3O3S/c11-9-2-1-5-12-10(9)18(16,17)14-6-3-8(13-15)4-7-14/h1-2,5,15H,3-4,6-7H2. The highest BCUT2D eigenvalue weighted by atomic mass is 32.2. The van der Waals surface area contributed by atoms with E-state index in [0.717, 1.165) is 10.4 Å². The summed E-state index contributed by atoms with van der Waals surface area (Å²) in [6.07, 6.45) is 1.91. The van der Waals surface area contributed by atoms with Crippen LogP contribution in [-0.2, 0) is 10.0 Å². The zero-order valence-corrected chi connectivity index (χ0v) is 10.3. The lowest BCUT2D eigenvalue weighted by Gasteiger charge is -2.25. The molecule has 2 heterocycles. The molecule has 1 aliphatic heterocycles. The van der Waals surface area contributed by atoms with Gasteiger partial charge in [-0.25, -0.2) is 17.8 Å². The van der Waals surface area contributed by atoms with Crippen LogP contribution < -0.4 is 0 Å². The van der Waals surface area contributed by atoms with Gasteiger partial charge in [-0.2, -0.15) is 4.31 Å². The molecule has 1 fully saturated rings. The van der Waals surface area contributed by atoms with Crippen molar-refractivity contribution in [3.05, 3.63) is 24.1 Å². The SMILES string of the molecule is O=S(=O)(c1ncccc1F)N1CCC(=NO)CC1. The quantitative estimate of drug-likeness (QED) is 0.639. The third-order valence-electron chi connectivity index (χ3n) is 2.75. The van der Waals surface area contributed by atoms with Gasteiger partial charge in [-0.1, -0.05) is 5.16 Å². The molecule has 0 bridgehead atoms. The topological polar surface area (TPSA) is 82.9 Å². The zero-order chi connectivity index (χ0) is 13.2. The van der Waals surface area contributed by atoms with Gasteiger partial charge in [0, 0.05) is 32.1 Å². The Bertz CT molecular complexity index is 563. The molecule has 1 aromatic heterocycles. The number of aromatic nitrogens is 1. The van der Waals surface area contributed by atoms with E-state index in [1.54, 1.807) is 0 Å². The summed E-state index contributed by atoms with van der Waals surface area (Å²) in [7, 11) is -3.91. The number of hydrogen-bond donors (Lipinski definition) is 1. The van der Waals surface area contributed by atoms with Crippen molar-refractivity contribution in [1.29, 1.82) is 0 Å². The van der Waals surface area contributed by atoms with E-state index in [9.17, 15) is 12.8 Å². The molecule has 6 nitrogen and oxygen atoms in total. The second kappa shape index (κ2) is 4.99. The van der Waals surface area contributed by atoms with Gasteiger partial charge < -0.3 is 5.21 Å². The van der Waals surface area contributed by atoms with Gasteiger partial charge >= 0.3 is 0 Å². The molecule has 1 N–H and O–H groups in total. The van der Waals surface area contributed by atoms with Gasteiger partial charge in [0.25, 0.3) is 10.0 Å². The molecule has 0 saturated carbocycles. The summed E-state index contributed by atoms with van der Waals surface area (Å²) in [5.74, 6) is -0.862. The predicted octanol–water partition coefficient (Wildman–Crippen LogP) is 0.835. The first-order chi connectivity index (χ1) is 8.55. The average Bonchev–Trinajstić information content (AvgIpc) is 2.39. The summed E-state index contributed by atoms with van der Waals surface area (Å²) in [6.45, 7) is 0.329. The number of piperidine rings is 1. The van der Waals surface area contributed by atoms with E-state index in [0.29, 0.717) is 18.6 Å². The lowest BCUT2D eigenvalue weighted by atomic mass is 10.1. The monoisotopic (exact) mass is 273 g/mol. The first kappa shape index (κ1) is 12.9. The van der Waals surface area contributed by atoms with Gasteiger partial charge in [0.1, 0.15) is 0 Å². The zero-order valence-electron chi connectivity index (χ0n) is 9.45. The molecule has 18 heavy (non-hydrogen) atoms. The van der Waals surface area contributed by atoms with Crippen molar-refractivity contribution in [2.45, 2.75) is 17.9 Å². The second-order valence-electron chi connectivity index (χ2n) is 3.86. The third kappa shape index (κ3) is 2.34. The summed E-state index contributed by atoms with van der Waals surface area (Å²) in [5.41, 5.74) is 0.544. The minimum absolute atomic E-state index is 0.164. The molecule has 0 amide bonds. The Labute approximate surface area is 104 Å². The number of sulfonamides is 1. The molecule has 1 aromatic rings. The van der Waals surface area contributed by atoms with Crippen LogP contribution in [0.3, 0.4) is 0 Å². The van der Waals surface area contributed by atoms with Crippen LogP contribution in [-0.4, -0.2) is 41.7 Å². The minimum atomic E-state index is -3.91. The van der Waals surface area contributed by atoms with Gasteiger partial charge in [-0.05, 0) is 12.1 Å². The van der Waals surface area contributed by atoms with Crippen molar-refractivity contribution in [3.63, 3.8) is 0 Å². The van der Waals surface area contributed by atoms with E-state index in [4.69, 9.17) is 5.21 Å². The molecule has 1 saturated heterocycles. The minimum Gasteiger partial charge on any atom is -0.411 e. The fraction of sp³-hybridized carbons (Fsp3) is 0.400. The molecule has 0 atom stereocenters. The van der Waals surface area contributed by atoms with E-state index >= 15 is 0 Å². The van der Waals surface area contributed by atoms with E-state index in [-0.39, 0.29) is 13.1 Å². The molecule has 0 spiro atoms. The highest BCUT2D eigenvalue weighted by molar-refractivity contribution is 7.89. The Balaban J connectivity index is 2.26. The fourth-order valence-electron chi connectivity index (χ4n) is 1.77. The highest BCUT2D eigenvalue weighted by Crippen LogP contribution is 2.19. The Morgan fingerprint density at radius 2 is 2.06 bits per heavy atom. The molecule has 1 aliphatic rings. The third-order valence-corrected chi connectivity index (χ3v) is 4.58. The molecular weight excluding hydrogens is 261 g/mol. The predicted molar refractivity (Wildman–Crippen MR) is 61.4 cm³/mol. The Morgan fingerprint density at radius 3 is 2.61 bits per heavy atom. The van der Waals surface area contributed by atoms with Crippen LogP contribution in [0.4, 0.5) is 4.39 Å². The Morgan fingerprint density at radius 1 is 1.39 bits per heavy atom. The molecule has 8 heteroatoms. The highest BCUT2D eigenvalue weighted by Gasteiger charge is 2.31. The van der Waals surface area contributed by atoms with Crippen molar-refractivity contribution in [2.75, 3.05) is 13.1 Å². The van der Waals surface area contributed by atoms with Crippen LogP contribution in [0.15, 0.2) is 28.5 Å². The van der Waals surface area contributed by atoms with Crippen molar-refractivity contribution in [2.24, 2.45) is 5.16 Å². The maximum atomic E-state index is 13.5. The van der Waals surface area contributed by atoms with Crippen LogP contribution in [0.5, 0.6) is 0 Å². The maximum Gasteiger partial charge on any atom is 0.263 e. The van der Waals surface area contributed by atoms with Crippen molar-refractivity contribution in [1.82, 2.24) is 9.29 Å². The molecule has 0 unspecified atom stereocenters. The summed E-state index contributed by atoms with van der Waals surface area (Å²) in [6, 6.07) is 2.39. The lowest BCUT2D eigenvalue weighted by molar-refractivity contribution is 0.309. The van der Waals surface area contributed by atoms with Crippen LogP contribution in [0.1, 0.15) is 12.8 Å². The van der Waals surface area contributed by atoms with Crippen molar-refractivity contribution in [3.8, 4) is 0 Å². The lowest BCUT2D eigenvalue weighted by Crippen LogP contribution is -2.39. The largest absolute Gasteiger partial charge is 0.411 e. The van der Waals surface area contributed by atoms with Gasteiger partial charge in [-0.3, -0.25) is 0 Å². The molecule has 98 valence electrons. The first-order valence-electron chi connectivity index (χ1n) is 5.36. The molecule has 0 aromatic carbocycles. The number of oxime groups is 1. The van der Waals surface area contributed by atoms with E-state index < -0.39 is 20.9 Å². The van der Waals surface area contributed by atoms with Crippen molar-refractivity contribution < 1.29 is 18.0 Å². The van der Waals surface area contributed by atoms with Gasteiger partial charge in [0.15, 0.2) is 5.82 Å². The van der Waals surface area contributed by atoms with E-state index in [1.165, 1.54) is 12.3 Å². The Kier molecular flexibility index (Phi) is 3.58. The van der Waals surface area contributed by atoms with Gasteiger partial charge in [-0.15, -0.1) is 0 Å². The van der Waals surface area contributed by atoms with Crippen molar-refractivity contribution >= 4 is 15.7 Å². The van der Waals surface area contributed by atoms with E-state index in [1.807, 2.05) is 0 Å². The smallest absolute Gasteiger partial charge is 0.263 e. The summed E-state index contributed by atoms with van der Waals surface area (Å²) >= 11 is 0. The normalized spacial score (nSPS) is 17.7. The number of hydrogen-bond acceptors (Lipinski definition) is 5. The fourth-order valence-corrected chi connectivity index (χ4v) is 3.18. The number of rotatable bonds is 2. The molecule has 0 aliphatic carbocycles.